The molecule has 0 saturated heterocycles. The second-order valence-electron chi connectivity index (χ2n) is 3.59. The predicted octanol–water partition coefficient (Wildman–Crippen LogP) is 1.88. The molecule has 0 fully saturated rings. The van der Waals surface area contributed by atoms with Crippen LogP contribution in [0.3, 0.4) is 0 Å². The summed E-state index contributed by atoms with van der Waals surface area (Å²) in [5.41, 5.74) is 1.54. The average molecular weight is 271 g/mol. The summed E-state index contributed by atoms with van der Waals surface area (Å²) in [6.07, 6.45) is 1.57. The lowest BCUT2D eigenvalue weighted by molar-refractivity contribution is -0.118. The van der Waals surface area contributed by atoms with Crippen LogP contribution in [0.5, 0.6) is 0 Å². The Morgan fingerprint density at radius 1 is 1.71 bits per heavy atom. The van der Waals surface area contributed by atoms with E-state index in [0.29, 0.717) is 22.9 Å². The fourth-order valence-electron chi connectivity index (χ4n) is 1.57. The first kappa shape index (κ1) is 12.1. The lowest BCUT2D eigenvalue weighted by atomic mass is 10.4. The van der Waals surface area contributed by atoms with Crippen LogP contribution in [-0.2, 0) is 11.3 Å². The zero-order chi connectivity index (χ0) is 12.4. The van der Waals surface area contributed by atoms with Crippen LogP contribution in [0.2, 0.25) is 5.02 Å². The predicted molar refractivity (Wildman–Crippen MR) is 68.6 cm³/mol. The third-order valence-corrected chi connectivity index (χ3v) is 2.81. The quantitative estimate of drug-likeness (QED) is 0.837. The molecule has 0 unspecified atom stereocenters. The molecular formula is C10H11ClN4OS. The summed E-state index contributed by atoms with van der Waals surface area (Å²) in [7, 11) is 0. The Labute approximate surface area is 108 Å². The zero-order valence-electron chi connectivity index (χ0n) is 9.16. The van der Waals surface area contributed by atoms with Crippen LogP contribution in [0.4, 0.5) is 0 Å². The van der Waals surface area contributed by atoms with Gasteiger partial charge in [0.05, 0.1) is 10.5 Å². The lowest BCUT2D eigenvalue weighted by Crippen LogP contribution is -2.24. The van der Waals surface area contributed by atoms with Crippen molar-refractivity contribution in [3.8, 4) is 0 Å². The molecule has 0 aliphatic rings. The van der Waals surface area contributed by atoms with Crippen molar-refractivity contribution in [3.63, 3.8) is 0 Å². The fourth-order valence-corrected chi connectivity index (χ4v) is 2.01. The number of rotatable bonds is 3. The molecule has 0 aromatic carbocycles. The number of pyridine rings is 1. The van der Waals surface area contributed by atoms with Gasteiger partial charge >= 0.3 is 0 Å². The van der Waals surface area contributed by atoms with E-state index in [1.165, 1.54) is 6.92 Å². The summed E-state index contributed by atoms with van der Waals surface area (Å²) in [6, 6.07) is 1.77. The zero-order valence-corrected chi connectivity index (χ0v) is 10.7. The number of aromatic nitrogens is 3. The number of carbonyl (C=O) groups excluding carboxylic acids is 1. The van der Waals surface area contributed by atoms with E-state index in [2.05, 4.69) is 15.3 Å². The summed E-state index contributed by atoms with van der Waals surface area (Å²) in [4.78, 5) is 18.0. The third kappa shape index (κ3) is 2.65. The van der Waals surface area contributed by atoms with Gasteiger partial charge in [0.1, 0.15) is 0 Å². The van der Waals surface area contributed by atoms with Gasteiger partial charge in [-0.2, -0.15) is 0 Å². The average Bonchev–Trinajstić information content (AvgIpc) is 2.54. The Kier molecular flexibility index (Phi) is 3.44. The number of halogens is 1. The van der Waals surface area contributed by atoms with Gasteiger partial charge in [0.25, 0.3) is 0 Å². The number of fused-ring (bicyclic) bond motifs is 1. The van der Waals surface area contributed by atoms with Crippen molar-refractivity contribution in [2.75, 3.05) is 6.54 Å². The van der Waals surface area contributed by atoms with Crippen LogP contribution in [-0.4, -0.2) is 27.0 Å². The number of carbonyl (C=O) groups is 1. The Morgan fingerprint density at radius 3 is 3.18 bits per heavy atom. The maximum absolute atomic E-state index is 10.8. The van der Waals surface area contributed by atoms with Gasteiger partial charge in [0.15, 0.2) is 10.4 Å². The Hall–Kier alpha value is -1.40. The first-order chi connectivity index (χ1) is 8.08. The Bertz CT molecular complexity index is 618. The minimum Gasteiger partial charge on any atom is -0.355 e. The van der Waals surface area contributed by atoms with Crippen molar-refractivity contribution in [2.24, 2.45) is 0 Å². The molecular weight excluding hydrogens is 260 g/mol. The van der Waals surface area contributed by atoms with Crippen LogP contribution >= 0.6 is 23.8 Å². The first-order valence-corrected chi connectivity index (χ1v) is 5.85. The highest BCUT2D eigenvalue weighted by molar-refractivity contribution is 7.71. The molecule has 0 bridgehead atoms. The standard InChI is InChI=1S/C10H11ClN4OS/c1-6(16)12-2-3-15-9-8(14-10(15)17)4-7(11)5-13-9/h4-5H,2-3H2,1H3,(H,12,16)(H,14,17). The summed E-state index contributed by atoms with van der Waals surface area (Å²) < 4.78 is 2.40. The Morgan fingerprint density at radius 2 is 2.47 bits per heavy atom. The SMILES string of the molecule is CC(=O)NCCn1c(=S)[nH]c2cc(Cl)cnc21. The van der Waals surface area contributed by atoms with Crippen LogP contribution in [0, 0.1) is 4.77 Å². The van der Waals surface area contributed by atoms with Gasteiger partial charge in [0.2, 0.25) is 5.91 Å². The minimum atomic E-state index is -0.0626. The minimum absolute atomic E-state index is 0.0626. The molecule has 0 spiro atoms. The summed E-state index contributed by atoms with van der Waals surface area (Å²) in [5.74, 6) is -0.0626. The number of aromatic amines is 1. The molecule has 0 aliphatic carbocycles. The van der Waals surface area contributed by atoms with E-state index in [1.807, 2.05) is 4.57 Å². The maximum atomic E-state index is 10.8. The highest BCUT2D eigenvalue weighted by Crippen LogP contribution is 2.15. The van der Waals surface area contributed by atoms with Crippen LogP contribution in [0.1, 0.15) is 6.92 Å². The molecule has 2 heterocycles. The molecule has 1 amide bonds. The maximum Gasteiger partial charge on any atom is 0.216 e. The van der Waals surface area contributed by atoms with E-state index in [9.17, 15) is 4.79 Å². The smallest absolute Gasteiger partial charge is 0.216 e. The van der Waals surface area contributed by atoms with Crippen LogP contribution in [0.25, 0.3) is 11.2 Å². The van der Waals surface area contributed by atoms with Gasteiger partial charge in [-0.1, -0.05) is 11.6 Å². The van der Waals surface area contributed by atoms with Crippen LogP contribution < -0.4 is 5.32 Å². The van der Waals surface area contributed by atoms with Crippen molar-refractivity contribution in [3.05, 3.63) is 22.1 Å². The topological polar surface area (TPSA) is 62.7 Å². The van der Waals surface area contributed by atoms with E-state index in [1.54, 1.807) is 12.3 Å². The fraction of sp³-hybridized carbons (Fsp3) is 0.300. The molecule has 0 atom stereocenters. The largest absolute Gasteiger partial charge is 0.355 e. The number of imidazole rings is 1. The second kappa shape index (κ2) is 4.85. The third-order valence-electron chi connectivity index (χ3n) is 2.29. The normalized spacial score (nSPS) is 10.7. The molecule has 5 nitrogen and oxygen atoms in total. The van der Waals surface area contributed by atoms with Crippen molar-refractivity contribution in [2.45, 2.75) is 13.5 Å². The Balaban J connectivity index is 2.30. The molecule has 2 N–H and O–H groups in total. The van der Waals surface area contributed by atoms with Gasteiger partial charge in [-0.05, 0) is 18.3 Å². The van der Waals surface area contributed by atoms with Gasteiger partial charge in [-0.15, -0.1) is 0 Å². The van der Waals surface area contributed by atoms with E-state index in [4.69, 9.17) is 23.8 Å². The van der Waals surface area contributed by atoms with Crippen molar-refractivity contribution >= 4 is 40.9 Å². The molecule has 2 aromatic heterocycles. The molecule has 0 aliphatic heterocycles. The molecule has 90 valence electrons. The summed E-state index contributed by atoms with van der Waals surface area (Å²) >= 11 is 11.0. The van der Waals surface area contributed by atoms with Crippen molar-refractivity contribution in [1.29, 1.82) is 0 Å². The number of hydrogen-bond donors (Lipinski definition) is 2. The highest BCUT2D eigenvalue weighted by Gasteiger charge is 2.06. The molecule has 7 heteroatoms. The van der Waals surface area contributed by atoms with Gasteiger partial charge in [-0.25, -0.2) is 4.98 Å². The molecule has 0 saturated carbocycles. The van der Waals surface area contributed by atoms with Crippen molar-refractivity contribution < 1.29 is 4.79 Å². The van der Waals surface area contributed by atoms with Gasteiger partial charge in [0, 0.05) is 26.2 Å². The second-order valence-corrected chi connectivity index (χ2v) is 4.41. The number of nitrogens with one attached hydrogen (secondary N) is 2. The summed E-state index contributed by atoms with van der Waals surface area (Å²) in [6.45, 7) is 2.57. The highest BCUT2D eigenvalue weighted by atomic mass is 35.5. The number of hydrogen-bond acceptors (Lipinski definition) is 3. The molecule has 0 radical (unpaired) electrons. The molecule has 17 heavy (non-hydrogen) atoms. The summed E-state index contributed by atoms with van der Waals surface area (Å²) in [5, 5.41) is 3.27. The number of nitrogens with zero attached hydrogens (tertiary/aromatic N) is 2. The molecule has 2 aromatic rings. The lowest BCUT2D eigenvalue weighted by Gasteiger charge is -2.04. The first-order valence-electron chi connectivity index (χ1n) is 5.06. The monoisotopic (exact) mass is 270 g/mol. The van der Waals surface area contributed by atoms with E-state index < -0.39 is 0 Å². The van der Waals surface area contributed by atoms with E-state index >= 15 is 0 Å². The molecule has 2 rings (SSSR count). The van der Waals surface area contributed by atoms with Gasteiger partial charge < -0.3 is 10.3 Å². The van der Waals surface area contributed by atoms with Gasteiger partial charge in [-0.3, -0.25) is 9.36 Å². The number of amides is 1. The van der Waals surface area contributed by atoms with E-state index in [0.717, 1.165) is 11.2 Å². The number of H-pyrrole nitrogens is 1. The van der Waals surface area contributed by atoms with Crippen molar-refractivity contribution in [1.82, 2.24) is 19.9 Å². The van der Waals surface area contributed by atoms with Crippen LogP contribution in [0.15, 0.2) is 12.3 Å². The van der Waals surface area contributed by atoms with E-state index in [-0.39, 0.29) is 5.91 Å².